The van der Waals surface area contributed by atoms with Gasteiger partial charge in [0.05, 0.1) is 14.7 Å². The third-order valence-electron chi connectivity index (χ3n) is 4.67. The van der Waals surface area contributed by atoms with Crippen LogP contribution in [0.2, 0.25) is 0 Å². The Kier molecular flexibility index (Phi) is 5.80. The number of rotatable bonds is 7. The maximum absolute atomic E-state index is 12.9. The van der Waals surface area contributed by atoms with E-state index in [4.69, 9.17) is 4.74 Å². The zero-order valence-corrected chi connectivity index (χ0v) is 17.4. The minimum atomic E-state index is -4.02. The summed E-state index contributed by atoms with van der Waals surface area (Å²) in [7, 11) is -4.02. The fraction of sp³-hybridized carbons (Fsp3) is 0.136. The van der Waals surface area contributed by atoms with Crippen molar-refractivity contribution in [1.82, 2.24) is 4.72 Å². The van der Waals surface area contributed by atoms with Crippen LogP contribution in [0.25, 0.3) is 0 Å². The summed E-state index contributed by atoms with van der Waals surface area (Å²) in [4.78, 5) is 13.2. The fourth-order valence-corrected chi connectivity index (χ4v) is 5.43. The molecule has 0 radical (unpaired) electrons. The summed E-state index contributed by atoms with van der Waals surface area (Å²) in [5.41, 5.74) is 0.948. The van der Waals surface area contributed by atoms with E-state index in [9.17, 15) is 18.3 Å². The molecule has 2 N–H and O–H groups in total. The van der Waals surface area contributed by atoms with Crippen molar-refractivity contribution < 1.29 is 23.1 Å². The molecule has 30 heavy (non-hydrogen) atoms. The molecule has 0 saturated heterocycles. The van der Waals surface area contributed by atoms with Gasteiger partial charge in [-0.25, -0.2) is 8.42 Å². The zero-order chi connectivity index (χ0) is 21.1. The average Bonchev–Trinajstić information content (AvgIpc) is 2.75. The number of carbonyl (C=O) groups is 1. The first-order valence-corrected chi connectivity index (χ1v) is 11.6. The first-order valence-electron chi connectivity index (χ1n) is 9.30. The van der Waals surface area contributed by atoms with Gasteiger partial charge < -0.3 is 9.84 Å². The van der Waals surface area contributed by atoms with Crippen molar-refractivity contribution in [3.05, 3.63) is 78.4 Å². The van der Waals surface area contributed by atoms with Crippen molar-refractivity contribution in [3.63, 3.8) is 0 Å². The smallest absolute Gasteiger partial charge is 0.321 e. The van der Waals surface area contributed by atoms with Crippen LogP contribution in [0.1, 0.15) is 12.0 Å². The molecule has 0 spiro atoms. The van der Waals surface area contributed by atoms with Crippen LogP contribution in [0, 0.1) is 0 Å². The number of fused-ring (bicyclic) bond motifs is 2. The molecule has 3 aromatic carbocycles. The summed E-state index contributed by atoms with van der Waals surface area (Å²) in [6, 6.07) is 20.1. The lowest BCUT2D eigenvalue weighted by atomic mass is 10.1. The number of carboxylic acid groups (broad SMARTS) is 1. The largest absolute Gasteiger partial charge is 0.480 e. The van der Waals surface area contributed by atoms with E-state index in [1.165, 1.54) is 23.9 Å². The molecule has 0 aromatic heterocycles. The number of para-hydroxylation sites is 1. The van der Waals surface area contributed by atoms with Gasteiger partial charge in [-0.1, -0.05) is 54.2 Å². The van der Waals surface area contributed by atoms with Crippen LogP contribution in [0.4, 0.5) is 0 Å². The molecule has 0 aliphatic carbocycles. The summed E-state index contributed by atoms with van der Waals surface area (Å²) < 4.78 is 33.9. The van der Waals surface area contributed by atoms with Crippen molar-refractivity contribution in [1.29, 1.82) is 0 Å². The molecule has 1 atom stereocenters. The molecule has 6 nitrogen and oxygen atoms in total. The maximum atomic E-state index is 12.9. The molecule has 0 unspecified atom stereocenters. The molecule has 1 aliphatic rings. The number of carboxylic acids is 1. The fourth-order valence-electron chi connectivity index (χ4n) is 3.12. The van der Waals surface area contributed by atoms with Gasteiger partial charge in [0.25, 0.3) is 0 Å². The van der Waals surface area contributed by atoms with Gasteiger partial charge in [0.15, 0.2) is 0 Å². The van der Waals surface area contributed by atoms with Crippen LogP contribution >= 0.6 is 11.8 Å². The lowest BCUT2D eigenvalue weighted by Gasteiger charge is -2.20. The highest BCUT2D eigenvalue weighted by Crippen LogP contribution is 2.47. The van der Waals surface area contributed by atoms with E-state index >= 15 is 0 Å². The SMILES string of the molecule is O=C(O)[C@H](CCc1ccccc1)NS(=O)(=O)c1ccc2c(c1)Sc1ccccc1O2. The molecule has 1 heterocycles. The third kappa shape index (κ3) is 4.51. The molecule has 154 valence electrons. The minimum absolute atomic E-state index is 0.00249. The van der Waals surface area contributed by atoms with Gasteiger partial charge in [0, 0.05) is 0 Å². The minimum Gasteiger partial charge on any atom is -0.480 e. The normalized spacial score (nSPS) is 13.6. The highest BCUT2D eigenvalue weighted by atomic mass is 32.2. The Balaban J connectivity index is 1.52. The van der Waals surface area contributed by atoms with Crippen molar-refractivity contribution in [2.24, 2.45) is 0 Å². The number of hydrogen-bond donors (Lipinski definition) is 2. The molecule has 3 aromatic rings. The van der Waals surface area contributed by atoms with Crippen LogP contribution < -0.4 is 9.46 Å². The quantitative estimate of drug-likeness (QED) is 0.444. The Morgan fingerprint density at radius 2 is 1.67 bits per heavy atom. The van der Waals surface area contributed by atoms with Crippen molar-refractivity contribution in [3.8, 4) is 11.5 Å². The van der Waals surface area contributed by atoms with E-state index in [1.54, 1.807) is 6.07 Å². The van der Waals surface area contributed by atoms with Crippen LogP contribution in [0.3, 0.4) is 0 Å². The topological polar surface area (TPSA) is 92.7 Å². The summed E-state index contributed by atoms with van der Waals surface area (Å²) in [6.07, 6.45) is 0.597. The third-order valence-corrected chi connectivity index (χ3v) is 7.24. The highest BCUT2D eigenvalue weighted by molar-refractivity contribution is 7.99. The summed E-state index contributed by atoms with van der Waals surface area (Å²) in [6.45, 7) is 0. The highest BCUT2D eigenvalue weighted by Gasteiger charge is 2.27. The second-order valence-electron chi connectivity index (χ2n) is 6.80. The van der Waals surface area contributed by atoms with E-state index in [0.29, 0.717) is 17.1 Å². The van der Waals surface area contributed by atoms with E-state index in [2.05, 4.69) is 4.72 Å². The van der Waals surface area contributed by atoms with Crippen LogP contribution in [0.5, 0.6) is 11.5 Å². The first-order chi connectivity index (χ1) is 14.4. The number of sulfonamides is 1. The standard InChI is InChI=1S/C22H19NO5S2/c24-22(25)17(12-10-15-6-2-1-3-7-15)23-30(26,27)16-11-13-19-21(14-16)29-20-9-5-4-8-18(20)28-19/h1-9,11,13-14,17,23H,10,12H2,(H,24,25)/t17-/m0/s1. The van der Waals surface area contributed by atoms with E-state index < -0.39 is 22.0 Å². The number of benzene rings is 3. The van der Waals surface area contributed by atoms with Gasteiger partial charge in [0.1, 0.15) is 17.5 Å². The number of aryl methyl sites for hydroxylation is 1. The molecule has 1 aliphatic heterocycles. The van der Waals surface area contributed by atoms with Gasteiger partial charge in [-0.2, -0.15) is 4.72 Å². The van der Waals surface area contributed by atoms with Gasteiger partial charge in [0.2, 0.25) is 10.0 Å². The maximum Gasteiger partial charge on any atom is 0.321 e. The Bertz CT molecular complexity index is 1180. The van der Waals surface area contributed by atoms with Crippen molar-refractivity contribution in [2.45, 2.75) is 33.6 Å². The number of hydrogen-bond acceptors (Lipinski definition) is 5. The predicted octanol–water partition coefficient (Wildman–Crippen LogP) is 4.31. The Labute approximate surface area is 179 Å². The van der Waals surface area contributed by atoms with Crippen LogP contribution in [-0.2, 0) is 21.2 Å². The molecule has 0 saturated carbocycles. The molecule has 0 bridgehead atoms. The molecule has 4 rings (SSSR count). The number of aliphatic carboxylic acids is 1. The molecular formula is C22H19NO5S2. The second kappa shape index (κ2) is 8.51. The second-order valence-corrected chi connectivity index (χ2v) is 9.59. The summed E-state index contributed by atoms with van der Waals surface area (Å²) in [5, 5.41) is 9.51. The summed E-state index contributed by atoms with van der Waals surface area (Å²) >= 11 is 1.41. The van der Waals surface area contributed by atoms with Crippen LogP contribution in [-0.4, -0.2) is 25.5 Å². The van der Waals surface area contributed by atoms with Crippen LogP contribution in [0.15, 0.2) is 87.5 Å². The Morgan fingerprint density at radius 1 is 0.967 bits per heavy atom. The van der Waals surface area contributed by atoms with E-state index in [0.717, 1.165) is 16.2 Å². The molecule has 8 heteroatoms. The summed E-state index contributed by atoms with van der Waals surface area (Å²) in [5.74, 6) is 0.0752. The average molecular weight is 442 g/mol. The number of nitrogens with one attached hydrogen (secondary N) is 1. The van der Waals surface area contributed by atoms with E-state index in [1.807, 2.05) is 54.6 Å². The van der Waals surface area contributed by atoms with Crippen molar-refractivity contribution >= 4 is 27.8 Å². The monoisotopic (exact) mass is 441 g/mol. The van der Waals surface area contributed by atoms with Gasteiger partial charge in [-0.05, 0) is 48.7 Å². The predicted molar refractivity (Wildman–Crippen MR) is 114 cm³/mol. The molecule has 0 amide bonds. The first kappa shape index (κ1) is 20.5. The van der Waals surface area contributed by atoms with E-state index in [-0.39, 0.29) is 11.3 Å². The zero-order valence-electron chi connectivity index (χ0n) is 15.8. The molecule has 0 fully saturated rings. The Hall–Kier alpha value is -2.81. The molecular weight excluding hydrogens is 422 g/mol. The number of ether oxygens (including phenoxy) is 1. The lowest BCUT2D eigenvalue weighted by molar-refractivity contribution is -0.139. The Morgan fingerprint density at radius 3 is 2.43 bits per heavy atom. The van der Waals surface area contributed by atoms with Gasteiger partial charge >= 0.3 is 5.97 Å². The lowest BCUT2D eigenvalue weighted by Crippen LogP contribution is -2.41. The van der Waals surface area contributed by atoms with Gasteiger partial charge in [-0.15, -0.1) is 0 Å². The van der Waals surface area contributed by atoms with Crippen molar-refractivity contribution in [2.75, 3.05) is 0 Å². The van der Waals surface area contributed by atoms with Gasteiger partial charge in [-0.3, -0.25) is 4.79 Å².